The Morgan fingerprint density at radius 2 is 2.23 bits per heavy atom. The Morgan fingerprint density at radius 3 is 2.69 bits per heavy atom. The third-order valence-electron chi connectivity index (χ3n) is 1.79. The van der Waals surface area contributed by atoms with Gasteiger partial charge in [0.05, 0.1) is 6.10 Å². The molecule has 1 rings (SSSR count). The van der Waals surface area contributed by atoms with Crippen molar-refractivity contribution in [2.75, 3.05) is 5.75 Å². The van der Waals surface area contributed by atoms with E-state index in [1.807, 2.05) is 5.38 Å². The number of hydrogen-bond donors (Lipinski definition) is 1. The maximum absolute atomic E-state index is 9.83. The number of aliphatic hydroxyl groups excluding tert-OH is 1. The zero-order valence-electron chi connectivity index (χ0n) is 8.28. The van der Waals surface area contributed by atoms with Gasteiger partial charge in [0.25, 0.3) is 0 Å². The molecule has 0 aliphatic carbocycles. The number of thioether (sulfide) groups is 1. The summed E-state index contributed by atoms with van der Waals surface area (Å²) >= 11 is 3.45. The van der Waals surface area contributed by atoms with Crippen molar-refractivity contribution >= 4 is 23.1 Å². The van der Waals surface area contributed by atoms with Crippen LogP contribution in [-0.2, 0) is 0 Å². The van der Waals surface area contributed by atoms with Crippen molar-refractivity contribution in [1.82, 2.24) is 0 Å². The minimum atomic E-state index is -0.285. The van der Waals surface area contributed by atoms with Crippen molar-refractivity contribution in [1.29, 1.82) is 0 Å². The SMILES string of the molecule is Cc1ccsc1C(O)CSC(C)C. The molecule has 0 aliphatic heterocycles. The lowest BCUT2D eigenvalue weighted by Crippen LogP contribution is -2.02. The summed E-state index contributed by atoms with van der Waals surface area (Å²) in [4.78, 5) is 1.12. The molecule has 0 bridgehead atoms. The van der Waals surface area contributed by atoms with E-state index in [2.05, 4.69) is 26.8 Å². The first-order valence-corrected chi connectivity index (χ1v) is 6.37. The predicted molar refractivity (Wildman–Crippen MR) is 61.6 cm³/mol. The van der Waals surface area contributed by atoms with Gasteiger partial charge in [-0.05, 0) is 29.2 Å². The summed E-state index contributed by atoms with van der Waals surface area (Å²) in [5.41, 5.74) is 1.21. The fourth-order valence-corrected chi connectivity index (χ4v) is 2.84. The van der Waals surface area contributed by atoms with E-state index in [4.69, 9.17) is 0 Å². The van der Waals surface area contributed by atoms with E-state index < -0.39 is 0 Å². The summed E-state index contributed by atoms with van der Waals surface area (Å²) in [6.07, 6.45) is -0.285. The average Bonchev–Trinajstić information content (AvgIpc) is 2.47. The Morgan fingerprint density at radius 1 is 1.54 bits per heavy atom. The van der Waals surface area contributed by atoms with Gasteiger partial charge in [-0.25, -0.2) is 0 Å². The van der Waals surface area contributed by atoms with E-state index in [9.17, 15) is 5.11 Å². The number of hydrogen-bond acceptors (Lipinski definition) is 3. The van der Waals surface area contributed by atoms with Crippen molar-refractivity contribution in [3.8, 4) is 0 Å². The zero-order chi connectivity index (χ0) is 9.84. The summed E-state index contributed by atoms with van der Waals surface area (Å²) in [5.74, 6) is 0.805. The molecule has 3 heteroatoms. The maximum Gasteiger partial charge on any atom is 0.0974 e. The van der Waals surface area contributed by atoms with Gasteiger partial charge in [0, 0.05) is 10.6 Å². The molecule has 0 spiro atoms. The molecule has 1 atom stereocenters. The molecule has 1 heterocycles. The molecule has 1 aromatic rings. The van der Waals surface area contributed by atoms with Crippen molar-refractivity contribution in [3.05, 3.63) is 21.9 Å². The summed E-state index contributed by atoms with van der Waals surface area (Å²) in [6.45, 7) is 6.35. The van der Waals surface area contributed by atoms with Crippen LogP contribution in [0, 0.1) is 6.92 Å². The largest absolute Gasteiger partial charge is 0.387 e. The molecular formula is C10H16OS2. The Labute approximate surface area is 88.2 Å². The second-order valence-electron chi connectivity index (χ2n) is 3.37. The van der Waals surface area contributed by atoms with Gasteiger partial charge in [0.15, 0.2) is 0 Å². The Bertz CT molecular complexity index is 255. The highest BCUT2D eigenvalue weighted by molar-refractivity contribution is 7.99. The summed E-state index contributed by atoms with van der Waals surface area (Å²) in [6, 6.07) is 2.06. The van der Waals surface area contributed by atoms with Gasteiger partial charge < -0.3 is 5.11 Å². The van der Waals surface area contributed by atoms with E-state index in [0.717, 1.165) is 10.6 Å². The van der Waals surface area contributed by atoms with Crippen LogP contribution in [0.15, 0.2) is 11.4 Å². The van der Waals surface area contributed by atoms with Gasteiger partial charge in [0.2, 0.25) is 0 Å². The first-order chi connectivity index (χ1) is 6.11. The maximum atomic E-state index is 9.83. The first-order valence-electron chi connectivity index (χ1n) is 4.45. The number of aliphatic hydroxyl groups is 1. The predicted octanol–water partition coefficient (Wildman–Crippen LogP) is 3.23. The summed E-state index contributed by atoms with van der Waals surface area (Å²) in [5, 5.41) is 12.5. The van der Waals surface area contributed by atoms with Crippen LogP contribution >= 0.6 is 23.1 Å². The van der Waals surface area contributed by atoms with Crippen molar-refractivity contribution in [3.63, 3.8) is 0 Å². The lowest BCUT2D eigenvalue weighted by Gasteiger charge is -2.11. The van der Waals surface area contributed by atoms with E-state index in [0.29, 0.717) is 5.25 Å². The van der Waals surface area contributed by atoms with Crippen LogP contribution in [0.25, 0.3) is 0 Å². The third kappa shape index (κ3) is 3.33. The quantitative estimate of drug-likeness (QED) is 0.834. The van der Waals surface area contributed by atoms with E-state index in [-0.39, 0.29) is 6.10 Å². The van der Waals surface area contributed by atoms with Crippen molar-refractivity contribution in [2.45, 2.75) is 32.1 Å². The highest BCUT2D eigenvalue weighted by atomic mass is 32.2. The minimum absolute atomic E-state index is 0.285. The second-order valence-corrected chi connectivity index (χ2v) is 5.92. The van der Waals surface area contributed by atoms with E-state index in [1.54, 1.807) is 23.1 Å². The van der Waals surface area contributed by atoms with Crippen LogP contribution in [0.3, 0.4) is 0 Å². The van der Waals surface area contributed by atoms with Crippen LogP contribution in [0.1, 0.15) is 30.4 Å². The number of thiophene rings is 1. The molecule has 1 aromatic heterocycles. The molecule has 0 aromatic carbocycles. The number of aryl methyl sites for hydroxylation is 1. The molecule has 0 saturated carbocycles. The van der Waals surface area contributed by atoms with Gasteiger partial charge in [-0.3, -0.25) is 0 Å². The molecule has 0 aliphatic rings. The van der Waals surface area contributed by atoms with Crippen LogP contribution in [0.2, 0.25) is 0 Å². The fourth-order valence-electron chi connectivity index (χ4n) is 1.09. The molecule has 0 amide bonds. The third-order valence-corrected chi connectivity index (χ3v) is 4.09. The normalized spacial score (nSPS) is 13.6. The highest BCUT2D eigenvalue weighted by Crippen LogP contribution is 2.27. The molecule has 13 heavy (non-hydrogen) atoms. The van der Waals surface area contributed by atoms with Crippen molar-refractivity contribution in [2.24, 2.45) is 0 Å². The van der Waals surface area contributed by atoms with E-state index >= 15 is 0 Å². The van der Waals surface area contributed by atoms with Gasteiger partial charge in [-0.1, -0.05) is 13.8 Å². The van der Waals surface area contributed by atoms with Crippen LogP contribution in [-0.4, -0.2) is 16.1 Å². The van der Waals surface area contributed by atoms with Crippen LogP contribution < -0.4 is 0 Å². The molecule has 1 N–H and O–H groups in total. The van der Waals surface area contributed by atoms with Crippen molar-refractivity contribution < 1.29 is 5.11 Å². The van der Waals surface area contributed by atoms with E-state index in [1.165, 1.54) is 5.56 Å². The first kappa shape index (κ1) is 11.1. The Kier molecular flexibility index (Phi) is 4.29. The fraction of sp³-hybridized carbons (Fsp3) is 0.600. The molecule has 0 radical (unpaired) electrons. The standard InChI is InChI=1S/C10H16OS2/c1-7(2)13-6-9(11)10-8(3)4-5-12-10/h4-5,7,9,11H,6H2,1-3H3. The molecular weight excluding hydrogens is 200 g/mol. The molecule has 1 nitrogen and oxygen atoms in total. The molecule has 1 unspecified atom stereocenters. The minimum Gasteiger partial charge on any atom is -0.387 e. The lowest BCUT2D eigenvalue weighted by molar-refractivity contribution is 0.207. The summed E-state index contributed by atoms with van der Waals surface area (Å²) in [7, 11) is 0. The van der Waals surface area contributed by atoms with Gasteiger partial charge in [-0.15, -0.1) is 11.3 Å². The highest BCUT2D eigenvalue weighted by Gasteiger charge is 2.12. The Hall–Kier alpha value is 0.01000. The molecule has 0 saturated heterocycles. The molecule has 0 fully saturated rings. The Balaban J connectivity index is 2.49. The van der Waals surface area contributed by atoms with Crippen LogP contribution in [0.4, 0.5) is 0 Å². The molecule has 74 valence electrons. The average molecular weight is 216 g/mol. The number of rotatable bonds is 4. The summed E-state index contributed by atoms with van der Waals surface area (Å²) < 4.78 is 0. The smallest absolute Gasteiger partial charge is 0.0974 e. The topological polar surface area (TPSA) is 20.2 Å². The van der Waals surface area contributed by atoms with Gasteiger partial charge in [0.1, 0.15) is 0 Å². The van der Waals surface area contributed by atoms with Gasteiger partial charge >= 0.3 is 0 Å². The lowest BCUT2D eigenvalue weighted by atomic mass is 10.2. The monoisotopic (exact) mass is 216 g/mol. The zero-order valence-corrected chi connectivity index (χ0v) is 9.91. The second kappa shape index (κ2) is 5.03. The van der Waals surface area contributed by atoms with Crippen LogP contribution in [0.5, 0.6) is 0 Å². The van der Waals surface area contributed by atoms with Gasteiger partial charge in [-0.2, -0.15) is 11.8 Å².